The molecule has 2 aliphatic rings. The van der Waals surface area contributed by atoms with Crippen molar-refractivity contribution in [2.75, 3.05) is 45.6 Å². The molecule has 21 heavy (non-hydrogen) atoms. The first-order chi connectivity index (χ1) is 9.82. The lowest BCUT2D eigenvalue weighted by atomic mass is 9.96. The fraction of sp³-hybridized carbons (Fsp3) is 1.00. The van der Waals surface area contributed by atoms with Gasteiger partial charge in [0.15, 0.2) is 0 Å². The molecule has 1 saturated heterocycles. The van der Waals surface area contributed by atoms with E-state index in [2.05, 4.69) is 17.1 Å². The van der Waals surface area contributed by atoms with E-state index in [1.54, 1.807) is 4.31 Å². The van der Waals surface area contributed by atoms with Gasteiger partial charge in [0.2, 0.25) is 10.0 Å². The van der Waals surface area contributed by atoms with E-state index < -0.39 is 10.0 Å². The number of aliphatic hydroxyl groups excluding tert-OH is 1. The van der Waals surface area contributed by atoms with Gasteiger partial charge in [-0.05, 0) is 39.2 Å². The Labute approximate surface area is 128 Å². The highest BCUT2D eigenvalue weighted by Gasteiger charge is 2.31. The monoisotopic (exact) mass is 319 g/mol. The van der Waals surface area contributed by atoms with Crippen LogP contribution in [-0.2, 0) is 10.0 Å². The molecular formula is C14H29N3O3S. The summed E-state index contributed by atoms with van der Waals surface area (Å²) in [6.45, 7) is 6.03. The molecule has 1 heterocycles. The van der Waals surface area contributed by atoms with E-state index in [4.69, 9.17) is 0 Å². The standard InChI is InChI=1S/C14H29N3O3S/c1-14(12-18,15-13-4-5-13)6-3-7-16-8-10-17(11-9-16)21(2,19)20/h13,15,18H,3-12H2,1-2H3. The van der Waals surface area contributed by atoms with Crippen LogP contribution in [0.5, 0.6) is 0 Å². The summed E-state index contributed by atoms with van der Waals surface area (Å²) in [4.78, 5) is 2.32. The Morgan fingerprint density at radius 2 is 1.86 bits per heavy atom. The van der Waals surface area contributed by atoms with E-state index in [0.717, 1.165) is 32.5 Å². The number of hydrogen-bond donors (Lipinski definition) is 2. The van der Waals surface area contributed by atoms with Gasteiger partial charge in [-0.2, -0.15) is 4.31 Å². The zero-order chi connectivity index (χ0) is 15.5. The highest BCUT2D eigenvalue weighted by atomic mass is 32.2. The number of hydrogen-bond acceptors (Lipinski definition) is 5. The Hall–Kier alpha value is -0.210. The van der Waals surface area contributed by atoms with Gasteiger partial charge in [-0.15, -0.1) is 0 Å². The molecule has 0 aromatic heterocycles. The molecule has 0 bridgehead atoms. The predicted octanol–water partition coefficient (Wildman–Crippen LogP) is -0.153. The van der Waals surface area contributed by atoms with Crippen molar-refractivity contribution >= 4 is 10.0 Å². The van der Waals surface area contributed by atoms with Crippen LogP contribution in [0.4, 0.5) is 0 Å². The van der Waals surface area contributed by atoms with Crippen molar-refractivity contribution in [3.05, 3.63) is 0 Å². The van der Waals surface area contributed by atoms with Crippen molar-refractivity contribution in [1.82, 2.24) is 14.5 Å². The molecule has 2 N–H and O–H groups in total. The fourth-order valence-corrected chi connectivity index (χ4v) is 3.72. The summed E-state index contributed by atoms with van der Waals surface area (Å²) in [6, 6.07) is 0.598. The number of nitrogens with zero attached hydrogens (tertiary/aromatic N) is 2. The third-order valence-corrected chi connectivity index (χ3v) is 5.79. The molecule has 2 fully saturated rings. The minimum Gasteiger partial charge on any atom is -0.394 e. The van der Waals surface area contributed by atoms with Crippen LogP contribution < -0.4 is 5.32 Å². The minimum absolute atomic E-state index is 0.171. The molecule has 7 heteroatoms. The Bertz CT molecular complexity index is 431. The van der Waals surface area contributed by atoms with Crippen LogP contribution >= 0.6 is 0 Å². The number of aliphatic hydroxyl groups is 1. The number of sulfonamides is 1. The number of piperazine rings is 1. The van der Waals surface area contributed by atoms with Crippen molar-refractivity contribution < 1.29 is 13.5 Å². The second-order valence-electron chi connectivity index (χ2n) is 6.74. The topological polar surface area (TPSA) is 72.9 Å². The lowest BCUT2D eigenvalue weighted by Gasteiger charge is -2.34. The molecule has 0 aromatic carbocycles. The van der Waals surface area contributed by atoms with Crippen molar-refractivity contribution in [3.63, 3.8) is 0 Å². The second-order valence-corrected chi connectivity index (χ2v) is 8.73. The van der Waals surface area contributed by atoms with Gasteiger partial charge in [-0.25, -0.2) is 8.42 Å². The van der Waals surface area contributed by atoms with Crippen molar-refractivity contribution in [3.8, 4) is 0 Å². The number of nitrogens with one attached hydrogen (secondary N) is 1. The molecule has 1 aliphatic heterocycles. The van der Waals surface area contributed by atoms with Crippen LogP contribution in [0.25, 0.3) is 0 Å². The lowest BCUT2D eigenvalue weighted by Crippen LogP contribution is -2.49. The maximum Gasteiger partial charge on any atom is 0.211 e. The zero-order valence-electron chi connectivity index (χ0n) is 13.2. The van der Waals surface area contributed by atoms with Crippen molar-refractivity contribution in [1.29, 1.82) is 0 Å². The summed E-state index contributed by atoms with van der Waals surface area (Å²) in [5, 5.41) is 13.1. The Kier molecular flexibility index (Phi) is 5.65. The molecule has 0 radical (unpaired) electrons. The molecule has 1 unspecified atom stereocenters. The molecular weight excluding hydrogens is 290 g/mol. The van der Waals surface area contributed by atoms with Crippen LogP contribution in [0, 0.1) is 0 Å². The zero-order valence-corrected chi connectivity index (χ0v) is 14.0. The Morgan fingerprint density at radius 3 is 2.33 bits per heavy atom. The van der Waals surface area contributed by atoms with Gasteiger partial charge in [-0.1, -0.05) is 0 Å². The van der Waals surface area contributed by atoms with Gasteiger partial charge in [0.05, 0.1) is 12.9 Å². The first-order valence-electron chi connectivity index (χ1n) is 7.88. The molecule has 124 valence electrons. The van der Waals surface area contributed by atoms with E-state index in [9.17, 15) is 13.5 Å². The smallest absolute Gasteiger partial charge is 0.211 e. The normalized spacial score (nSPS) is 24.9. The van der Waals surface area contributed by atoms with Gasteiger partial charge in [-0.3, -0.25) is 0 Å². The second kappa shape index (κ2) is 6.91. The van der Waals surface area contributed by atoms with E-state index in [-0.39, 0.29) is 12.1 Å². The average molecular weight is 319 g/mol. The minimum atomic E-state index is -3.04. The van der Waals surface area contributed by atoms with Crippen LogP contribution in [0.1, 0.15) is 32.6 Å². The lowest BCUT2D eigenvalue weighted by molar-refractivity contribution is 0.145. The van der Waals surface area contributed by atoms with Gasteiger partial charge < -0.3 is 15.3 Å². The Balaban J connectivity index is 1.67. The summed E-state index contributed by atoms with van der Waals surface area (Å²) in [5.41, 5.74) is -0.171. The summed E-state index contributed by atoms with van der Waals surface area (Å²) in [7, 11) is -3.04. The third kappa shape index (κ3) is 5.49. The molecule has 0 amide bonds. The highest BCUT2D eigenvalue weighted by Crippen LogP contribution is 2.24. The molecule has 1 atom stereocenters. The quantitative estimate of drug-likeness (QED) is 0.651. The molecule has 2 rings (SSSR count). The summed E-state index contributed by atoms with van der Waals surface area (Å²) < 4.78 is 24.5. The van der Waals surface area contributed by atoms with Gasteiger partial charge in [0.1, 0.15) is 0 Å². The molecule has 0 spiro atoms. The van der Waals surface area contributed by atoms with Crippen LogP contribution in [0.3, 0.4) is 0 Å². The Morgan fingerprint density at radius 1 is 1.24 bits per heavy atom. The maximum absolute atomic E-state index is 11.5. The first-order valence-corrected chi connectivity index (χ1v) is 9.73. The van der Waals surface area contributed by atoms with E-state index in [1.165, 1.54) is 19.1 Å². The largest absolute Gasteiger partial charge is 0.394 e. The summed E-state index contributed by atoms with van der Waals surface area (Å²) in [6.07, 6.45) is 5.70. The van der Waals surface area contributed by atoms with Crippen molar-refractivity contribution in [2.24, 2.45) is 0 Å². The van der Waals surface area contributed by atoms with Gasteiger partial charge in [0.25, 0.3) is 0 Å². The average Bonchev–Trinajstić information content (AvgIpc) is 3.22. The van der Waals surface area contributed by atoms with Crippen molar-refractivity contribution in [2.45, 2.75) is 44.2 Å². The molecule has 1 aliphatic carbocycles. The van der Waals surface area contributed by atoms with Gasteiger partial charge >= 0.3 is 0 Å². The third-order valence-electron chi connectivity index (χ3n) is 4.48. The van der Waals surface area contributed by atoms with Crippen LogP contribution in [-0.4, -0.2) is 79.9 Å². The van der Waals surface area contributed by atoms with E-state index >= 15 is 0 Å². The molecule has 1 saturated carbocycles. The molecule has 6 nitrogen and oxygen atoms in total. The van der Waals surface area contributed by atoms with Crippen LogP contribution in [0.2, 0.25) is 0 Å². The summed E-state index contributed by atoms with van der Waals surface area (Å²) >= 11 is 0. The maximum atomic E-state index is 11.5. The molecule has 0 aromatic rings. The summed E-state index contributed by atoms with van der Waals surface area (Å²) in [5.74, 6) is 0. The van der Waals surface area contributed by atoms with Gasteiger partial charge in [0, 0.05) is 37.8 Å². The fourth-order valence-electron chi connectivity index (χ4n) is 2.89. The SMILES string of the molecule is CC(CO)(CCCN1CCN(S(C)(=O)=O)CC1)NC1CC1. The van der Waals surface area contributed by atoms with E-state index in [0.29, 0.717) is 19.1 Å². The predicted molar refractivity (Wildman–Crippen MR) is 83.7 cm³/mol. The van der Waals surface area contributed by atoms with E-state index in [1.807, 2.05) is 0 Å². The highest BCUT2D eigenvalue weighted by molar-refractivity contribution is 7.88. The first kappa shape index (κ1) is 17.1. The van der Waals surface area contributed by atoms with Crippen LogP contribution in [0.15, 0.2) is 0 Å². The number of rotatable bonds is 8.